The van der Waals surface area contributed by atoms with Crippen LogP contribution in [-0.2, 0) is 0 Å². The van der Waals surface area contributed by atoms with Crippen LogP contribution >= 0.6 is 11.6 Å². The summed E-state index contributed by atoms with van der Waals surface area (Å²) in [6.07, 6.45) is 1.44. The smallest absolute Gasteiger partial charge is 0.238 e. The van der Waals surface area contributed by atoms with Crippen LogP contribution in [0.5, 0.6) is 0 Å². The van der Waals surface area contributed by atoms with E-state index in [-0.39, 0.29) is 11.8 Å². The summed E-state index contributed by atoms with van der Waals surface area (Å²) in [6, 6.07) is 1.53. The number of hydrogen-bond donors (Lipinski definition) is 4. The summed E-state index contributed by atoms with van der Waals surface area (Å²) in [5, 5.41) is 20.1. The van der Waals surface area contributed by atoms with Gasteiger partial charge in [0, 0.05) is 6.20 Å². The maximum atomic E-state index is 8.74. The molecule has 1 rings (SSSR count). The number of nitrogens with zero attached hydrogens (tertiary/aromatic N) is 2. The van der Waals surface area contributed by atoms with Crippen molar-refractivity contribution < 1.29 is 10.2 Å². The monoisotopic (exact) mass is 204 g/mol. The molecule has 1 aromatic heterocycles. The first-order valence-electron chi connectivity index (χ1n) is 3.43. The van der Waals surface area contributed by atoms with Crippen molar-refractivity contribution in [2.45, 2.75) is 5.91 Å². The van der Waals surface area contributed by atoms with Crippen LogP contribution in [0.4, 0.5) is 5.82 Å². The van der Waals surface area contributed by atoms with Crippen molar-refractivity contribution in [2.75, 3.05) is 11.9 Å². The first kappa shape index (κ1) is 10.1. The average molecular weight is 205 g/mol. The van der Waals surface area contributed by atoms with Gasteiger partial charge < -0.3 is 15.5 Å². The Morgan fingerprint density at radius 2 is 2.31 bits per heavy atom. The number of rotatable bonds is 3. The Hall–Kier alpha value is -0.950. The molecule has 7 heteroatoms. The summed E-state index contributed by atoms with van der Waals surface area (Å²) in [6.45, 7) is -0.250. The molecule has 0 fully saturated rings. The van der Waals surface area contributed by atoms with Crippen LogP contribution < -0.4 is 11.1 Å². The minimum Gasteiger partial charge on any atom is -0.363 e. The van der Waals surface area contributed by atoms with Gasteiger partial charge in [-0.25, -0.2) is 9.97 Å². The Kier molecular flexibility index (Phi) is 2.99. The van der Waals surface area contributed by atoms with E-state index in [1.165, 1.54) is 12.3 Å². The van der Waals surface area contributed by atoms with Crippen LogP contribution in [0.25, 0.3) is 0 Å². The Morgan fingerprint density at radius 3 is 2.85 bits per heavy atom. The molecule has 1 heterocycles. The van der Waals surface area contributed by atoms with Crippen molar-refractivity contribution in [3.8, 4) is 0 Å². The highest BCUT2D eigenvalue weighted by Gasteiger charge is 2.14. The summed E-state index contributed by atoms with van der Waals surface area (Å²) < 4.78 is 0. The lowest BCUT2D eigenvalue weighted by Crippen LogP contribution is -2.45. The van der Waals surface area contributed by atoms with Gasteiger partial charge in [0.1, 0.15) is 5.82 Å². The topological polar surface area (TPSA) is 104 Å². The Bertz CT molecular complexity index is 288. The third kappa shape index (κ3) is 4.00. The molecule has 0 radical (unpaired) electrons. The second-order valence-corrected chi connectivity index (χ2v) is 2.78. The van der Waals surface area contributed by atoms with Gasteiger partial charge in [-0.05, 0) is 17.7 Å². The standard InChI is InChI=1S/C6H9ClN4O2/c7-5-9-2-1-4(11-5)10-3-6(8,12)13/h1-2,12-13H,3,8H2,(H,9,10,11). The van der Waals surface area contributed by atoms with E-state index in [0.717, 1.165) is 0 Å². The molecular formula is C6H9ClN4O2. The average Bonchev–Trinajstić information content (AvgIpc) is 2.00. The van der Waals surface area contributed by atoms with Crippen molar-refractivity contribution in [1.29, 1.82) is 0 Å². The summed E-state index contributed by atoms with van der Waals surface area (Å²) >= 11 is 5.48. The fraction of sp³-hybridized carbons (Fsp3) is 0.333. The highest BCUT2D eigenvalue weighted by molar-refractivity contribution is 6.28. The highest BCUT2D eigenvalue weighted by atomic mass is 35.5. The molecule has 0 bridgehead atoms. The predicted molar refractivity (Wildman–Crippen MR) is 46.9 cm³/mol. The lowest BCUT2D eigenvalue weighted by molar-refractivity contribution is -0.142. The number of anilines is 1. The van der Waals surface area contributed by atoms with Crippen LogP contribution in [0.2, 0.25) is 5.28 Å². The molecule has 0 atom stereocenters. The maximum Gasteiger partial charge on any atom is 0.238 e. The molecule has 0 aliphatic carbocycles. The molecule has 0 spiro atoms. The van der Waals surface area contributed by atoms with Gasteiger partial charge in [0.05, 0.1) is 6.54 Å². The van der Waals surface area contributed by atoms with Gasteiger partial charge in [-0.15, -0.1) is 0 Å². The van der Waals surface area contributed by atoms with E-state index in [1.807, 2.05) is 0 Å². The zero-order valence-corrected chi connectivity index (χ0v) is 7.36. The van der Waals surface area contributed by atoms with Gasteiger partial charge in [0.15, 0.2) is 0 Å². The van der Waals surface area contributed by atoms with Crippen LogP contribution in [0, 0.1) is 0 Å². The van der Waals surface area contributed by atoms with E-state index in [9.17, 15) is 0 Å². The zero-order chi connectivity index (χ0) is 9.90. The second kappa shape index (κ2) is 3.84. The minimum atomic E-state index is -2.27. The second-order valence-electron chi connectivity index (χ2n) is 2.44. The van der Waals surface area contributed by atoms with E-state index in [2.05, 4.69) is 15.3 Å². The quantitative estimate of drug-likeness (QED) is 0.377. The molecule has 72 valence electrons. The molecule has 0 aromatic carbocycles. The van der Waals surface area contributed by atoms with E-state index in [0.29, 0.717) is 5.82 Å². The number of aliphatic hydroxyl groups is 2. The van der Waals surface area contributed by atoms with E-state index >= 15 is 0 Å². The largest absolute Gasteiger partial charge is 0.363 e. The Balaban J connectivity index is 2.55. The van der Waals surface area contributed by atoms with Gasteiger partial charge in [-0.3, -0.25) is 5.73 Å². The molecule has 0 amide bonds. The third-order valence-corrected chi connectivity index (χ3v) is 1.34. The molecule has 13 heavy (non-hydrogen) atoms. The normalized spacial score (nSPS) is 11.4. The van der Waals surface area contributed by atoms with Gasteiger partial charge in [-0.2, -0.15) is 0 Å². The Labute approximate surface area is 79.4 Å². The van der Waals surface area contributed by atoms with Crippen molar-refractivity contribution in [1.82, 2.24) is 9.97 Å². The van der Waals surface area contributed by atoms with E-state index < -0.39 is 5.91 Å². The molecule has 0 aliphatic rings. The van der Waals surface area contributed by atoms with Gasteiger partial charge in [0.2, 0.25) is 11.2 Å². The van der Waals surface area contributed by atoms with Crippen molar-refractivity contribution >= 4 is 17.4 Å². The number of nitrogens with one attached hydrogen (secondary N) is 1. The lowest BCUT2D eigenvalue weighted by Gasteiger charge is -2.16. The third-order valence-electron chi connectivity index (χ3n) is 1.16. The molecule has 1 aromatic rings. The molecule has 0 aliphatic heterocycles. The SMILES string of the molecule is NC(O)(O)CNc1ccnc(Cl)n1. The summed E-state index contributed by atoms with van der Waals surface area (Å²) in [5.74, 6) is -1.89. The number of nitrogens with two attached hydrogens (primary N) is 1. The van der Waals surface area contributed by atoms with Crippen LogP contribution in [0.1, 0.15) is 0 Å². The molecule has 0 saturated carbocycles. The van der Waals surface area contributed by atoms with Crippen molar-refractivity contribution in [3.63, 3.8) is 0 Å². The highest BCUT2D eigenvalue weighted by Crippen LogP contribution is 2.05. The molecule has 6 nitrogen and oxygen atoms in total. The fourth-order valence-corrected chi connectivity index (χ4v) is 0.801. The van der Waals surface area contributed by atoms with Crippen LogP contribution in [0.15, 0.2) is 12.3 Å². The van der Waals surface area contributed by atoms with Gasteiger partial charge >= 0.3 is 0 Å². The summed E-state index contributed by atoms with van der Waals surface area (Å²) in [4.78, 5) is 7.38. The van der Waals surface area contributed by atoms with Crippen molar-refractivity contribution in [2.24, 2.45) is 5.73 Å². The number of hydrogen-bond acceptors (Lipinski definition) is 6. The fourth-order valence-electron chi connectivity index (χ4n) is 0.654. The summed E-state index contributed by atoms with van der Waals surface area (Å²) in [7, 11) is 0. The van der Waals surface area contributed by atoms with Crippen LogP contribution in [0.3, 0.4) is 0 Å². The van der Waals surface area contributed by atoms with Gasteiger partial charge in [0.25, 0.3) is 0 Å². The van der Waals surface area contributed by atoms with E-state index in [4.69, 9.17) is 27.5 Å². The zero-order valence-electron chi connectivity index (χ0n) is 6.61. The molecule has 0 saturated heterocycles. The van der Waals surface area contributed by atoms with E-state index in [1.54, 1.807) is 0 Å². The molecule has 5 N–H and O–H groups in total. The minimum absolute atomic E-state index is 0.0727. The van der Waals surface area contributed by atoms with Crippen LogP contribution in [-0.4, -0.2) is 32.6 Å². The molecule has 0 unspecified atom stereocenters. The Morgan fingerprint density at radius 1 is 1.62 bits per heavy atom. The lowest BCUT2D eigenvalue weighted by atomic mass is 10.5. The first-order chi connectivity index (χ1) is 5.97. The predicted octanol–water partition coefficient (Wildman–Crippen LogP) is -0.861. The molecular weight excluding hydrogens is 196 g/mol. The summed E-state index contributed by atoms with van der Waals surface area (Å²) in [5.41, 5.74) is 4.89. The first-order valence-corrected chi connectivity index (χ1v) is 3.81. The van der Waals surface area contributed by atoms with Gasteiger partial charge in [-0.1, -0.05) is 0 Å². The maximum absolute atomic E-state index is 8.74. The number of halogens is 1. The number of aromatic nitrogens is 2. The van der Waals surface area contributed by atoms with Crippen molar-refractivity contribution in [3.05, 3.63) is 17.5 Å².